The van der Waals surface area contributed by atoms with Crippen molar-refractivity contribution in [1.82, 2.24) is 10.2 Å². The van der Waals surface area contributed by atoms with Crippen LogP contribution in [0, 0.1) is 11.6 Å². The summed E-state index contributed by atoms with van der Waals surface area (Å²) in [5.41, 5.74) is 2.55. The predicted octanol–water partition coefficient (Wildman–Crippen LogP) is 5.95. The van der Waals surface area contributed by atoms with Crippen LogP contribution in [0.1, 0.15) is 55.1 Å². The third kappa shape index (κ3) is 8.34. The molecule has 1 saturated heterocycles. The third-order valence-corrected chi connectivity index (χ3v) is 5.97. The number of carbonyl (C=O) groups is 1. The van der Waals surface area contributed by atoms with Crippen molar-refractivity contribution in [3.63, 3.8) is 0 Å². The van der Waals surface area contributed by atoms with E-state index in [0.29, 0.717) is 12.0 Å². The Bertz CT molecular complexity index is 968. The average molecular weight is 455 g/mol. The van der Waals surface area contributed by atoms with Gasteiger partial charge in [0, 0.05) is 30.8 Å². The molecule has 33 heavy (non-hydrogen) atoms. The Balaban J connectivity index is 0.000000238. The van der Waals surface area contributed by atoms with Gasteiger partial charge in [0.25, 0.3) is 0 Å². The van der Waals surface area contributed by atoms with E-state index in [4.69, 9.17) is 0 Å². The molecule has 0 saturated carbocycles. The van der Waals surface area contributed by atoms with E-state index >= 15 is 0 Å². The highest BCUT2D eigenvalue weighted by molar-refractivity contribution is 6.10. The molecule has 0 unspecified atom stereocenters. The van der Waals surface area contributed by atoms with Crippen LogP contribution in [-0.2, 0) is 6.42 Å². The van der Waals surface area contributed by atoms with Crippen LogP contribution >= 0.6 is 0 Å². The fourth-order valence-corrected chi connectivity index (χ4v) is 3.78. The van der Waals surface area contributed by atoms with Gasteiger partial charge in [-0.2, -0.15) is 0 Å². The molecule has 1 fully saturated rings. The van der Waals surface area contributed by atoms with Crippen molar-refractivity contribution in [2.24, 2.45) is 0 Å². The smallest absolute Gasteiger partial charge is 0.196 e. The second-order valence-corrected chi connectivity index (χ2v) is 8.33. The summed E-state index contributed by atoms with van der Waals surface area (Å²) >= 11 is 0. The molecule has 1 aliphatic heterocycles. The first kappa shape index (κ1) is 26.6. The normalized spacial score (nSPS) is 16.7. The number of allylic oxidation sites excluding steroid dienone is 3. The van der Waals surface area contributed by atoms with Crippen LogP contribution in [0.15, 0.2) is 66.3 Å². The summed E-state index contributed by atoms with van der Waals surface area (Å²) in [7, 11) is 2.22. The molecule has 1 aliphatic rings. The van der Waals surface area contributed by atoms with Gasteiger partial charge in [-0.1, -0.05) is 55.0 Å². The van der Waals surface area contributed by atoms with E-state index < -0.39 is 17.4 Å². The molecule has 3 nitrogen and oxygen atoms in total. The Labute approximate surface area is 197 Å². The quantitative estimate of drug-likeness (QED) is 0.304. The maximum absolute atomic E-state index is 13.6. The van der Waals surface area contributed by atoms with E-state index in [2.05, 4.69) is 49.3 Å². The molecule has 0 spiro atoms. The molecule has 178 valence electrons. The number of hydrogen-bond donors (Lipinski definition) is 1. The molecule has 0 radical (unpaired) electrons. The lowest BCUT2D eigenvalue weighted by atomic mass is 9.97. The summed E-state index contributed by atoms with van der Waals surface area (Å²) < 4.78 is 26.4. The zero-order valence-electron chi connectivity index (χ0n) is 20.2. The summed E-state index contributed by atoms with van der Waals surface area (Å²) in [6.45, 7) is 9.49. The second kappa shape index (κ2) is 13.8. The standard InChI is InChI=1S/C15H12F2O.C13H24N2/c1-2-10-5-3-4-6-12(10)15(18)13-8-7-11(16)9-14(13)17;1-4-12(2)7-5-9-14-11-13-8-6-10-15(13)3/h3-9H,2H2,1H3;4-5,7,13-14H,6,8-11H2,1-3H3/b;7-5+,12-4+/t;13-/m.0/s1. The van der Waals surface area contributed by atoms with Crippen molar-refractivity contribution >= 4 is 5.78 Å². The van der Waals surface area contributed by atoms with E-state index in [-0.39, 0.29) is 5.56 Å². The van der Waals surface area contributed by atoms with Crippen LogP contribution in [0.25, 0.3) is 0 Å². The highest BCUT2D eigenvalue weighted by Crippen LogP contribution is 2.18. The first-order valence-electron chi connectivity index (χ1n) is 11.6. The number of nitrogens with one attached hydrogen (secondary N) is 1. The van der Waals surface area contributed by atoms with Crippen molar-refractivity contribution in [2.75, 3.05) is 26.7 Å². The molecule has 5 heteroatoms. The van der Waals surface area contributed by atoms with Gasteiger partial charge in [0.15, 0.2) is 5.78 Å². The van der Waals surface area contributed by atoms with Crippen LogP contribution in [0.4, 0.5) is 8.78 Å². The number of hydrogen-bond acceptors (Lipinski definition) is 3. The molecule has 1 heterocycles. The van der Waals surface area contributed by atoms with Gasteiger partial charge < -0.3 is 10.2 Å². The van der Waals surface area contributed by atoms with Gasteiger partial charge in [0.05, 0.1) is 5.56 Å². The van der Waals surface area contributed by atoms with Crippen LogP contribution < -0.4 is 5.32 Å². The first-order chi connectivity index (χ1) is 15.9. The van der Waals surface area contributed by atoms with Crippen LogP contribution in [0.5, 0.6) is 0 Å². The van der Waals surface area contributed by atoms with Crippen molar-refractivity contribution in [1.29, 1.82) is 0 Å². The molecule has 0 amide bonds. The number of likely N-dealkylation sites (N-methyl/N-ethyl adjacent to an activating group) is 1. The molecule has 1 atom stereocenters. The van der Waals surface area contributed by atoms with E-state index in [0.717, 1.165) is 36.8 Å². The van der Waals surface area contributed by atoms with Gasteiger partial charge in [0.1, 0.15) is 11.6 Å². The topological polar surface area (TPSA) is 32.3 Å². The fourth-order valence-electron chi connectivity index (χ4n) is 3.78. The molecular weight excluding hydrogens is 418 g/mol. The largest absolute Gasteiger partial charge is 0.312 e. The van der Waals surface area contributed by atoms with Gasteiger partial charge >= 0.3 is 0 Å². The Hall–Kier alpha value is -2.63. The zero-order chi connectivity index (χ0) is 24.2. The molecule has 2 aromatic rings. The lowest BCUT2D eigenvalue weighted by molar-refractivity contribution is 0.103. The number of rotatable bonds is 8. The van der Waals surface area contributed by atoms with Gasteiger partial charge in [-0.25, -0.2) is 8.78 Å². The average Bonchev–Trinajstić information content (AvgIpc) is 3.23. The SMILES string of the molecule is C/C=C(C)/C=C/CNC[C@@H]1CCCN1C.CCc1ccccc1C(=O)c1ccc(F)cc1F. The van der Waals surface area contributed by atoms with Crippen molar-refractivity contribution < 1.29 is 13.6 Å². The van der Waals surface area contributed by atoms with E-state index in [1.807, 2.05) is 19.1 Å². The minimum absolute atomic E-state index is 0.0997. The predicted molar refractivity (Wildman–Crippen MR) is 133 cm³/mol. The van der Waals surface area contributed by atoms with E-state index in [9.17, 15) is 13.6 Å². The Morgan fingerprint density at radius 2 is 1.94 bits per heavy atom. The maximum Gasteiger partial charge on any atom is 0.196 e. The van der Waals surface area contributed by atoms with Crippen molar-refractivity contribution in [3.05, 3.63) is 94.6 Å². The van der Waals surface area contributed by atoms with Crippen molar-refractivity contribution in [2.45, 2.75) is 46.1 Å². The minimum Gasteiger partial charge on any atom is -0.312 e. The van der Waals surface area contributed by atoms with Crippen LogP contribution in [-0.4, -0.2) is 43.4 Å². The highest BCUT2D eigenvalue weighted by Gasteiger charge is 2.19. The van der Waals surface area contributed by atoms with E-state index in [1.54, 1.807) is 12.1 Å². The summed E-state index contributed by atoms with van der Waals surface area (Å²) in [4.78, 5) is 14.6. The number of likely N-dealkylation sites (tertiary alicyclic amines) is 1. The van der Waals surface area contributed by atoms with Gasteiger partial charge in [-0.15, -0.1) is 0 Å². The molecule has 2 aromatic carbocycles. The summed E-state index contributed by atoms with van der Waals surface area (Å²) in [5.74, 6) is -1.93. The first-order valence-corrected chi connectivity index (χ1v) is 11.6. The number of carbonyl (C=O) groups excluding carboxylic acids is 1. The van der Waals surface area contributed by atoms with Gasteiger partial charge in [0.2, 0.25) is 0 Å². The summed E-state index contributed by atoms with van der Waals surface area (Å²) in [5, 5.41) is 3.48. The third-order valence-electron chi connectivity index (χ3n) is 5.97. The lowest BCUT2D eigenvalue weighted by Crippen LogP contribution is -2.35. The van der Waals surface area contributed by atoms with E-state index in [1.165, 1.54) is 31.0 Å². The maximum atomic E-state index is 13.6. The number of benzene rings is 2. The Morgan fingerprint density at radius 1 is 1.18 bits per heavy atom. The highest BCUT2D eigenvalue weighted by atomic mass is 19.1. The van der Waals surface area contributed by atoms with Gasteiger partial charge in [-0.05, 0) is 64.4 Å². The lowest BCUT2D eigenvalue weighted by Gasteiger charge is -2.19. The summed E-state index contributed by atoms with van der Waals surface area (Å²) in [6, 6.07) is 10.8. The molecule has 0 bridgehead atoms. The molecule has 0 aromatic heterocycles. The van der Waals surface area contributed by atoms with Crippen molar-refractivity contribution in [3.8, 4) is 0 Å². The number of ketones is 1. The minimum atomic E-state index is -0.828. The molecule has 1 N–H and O–H groups in total. The number of nitrogens with zero attached hydrogens (tertiary/aromatic N) is 1. The number of halogens is 2. The Kier molecular flexibility index (Phi) is 11.1. The second-order valence-electron chi connectivity index (χ2n) is 8.33. The van der Waals surface area contributed by atoms with Gasteiger partial charge in [-0.3, -0.25) is 4.79 Å². The number of aryl methyl sites for hydroxylation is 1. The molecular formula is C28H36F2N2O. The van der Waals surface area contributed by atoms with Crippen LogP contribution in [0.3, 0.4) is 0 Å². The Morgan fingerprint density at radius 3 is 2.58 bits per heavy atom. The monoisotopic (exact) mass is 454 g/mol. The summed E-state index contributed by atoms with van der Waals surface area (Å²) in [6.07, 6.45) is 9.89. The fraction of sp³-hybridized carbons (Fsp3) is 0.393. The van der Waals surface area contributed by atoms with Crippen LogP contribution in [0.2, 0.25) is 0 Å². The molecule has 0 aliphatic carbocycles. The zero-order valence-corrected chi connectivity index (χ0v) is 20.2. The molecule has 3 rings (SSSR count).